The predicted octanol–water partition coefficient (Wildman–Crippen LogP) is 2.21. The highest BCUT2D eigenvalue weighted by Crippen LogP contribution is 2.21. The van der Waals surface area contributed by atoms with E-state index in [1.807, 2.05) is 0 Å². The molecule has 0 aromatic heterocycles. The van der Waals surface area contributed by atoms with Crippen molar-refractivity contribution in [1.82, 2.24) is 4.90 Å². The number of halogens is 1. The normalized spacial score (nSPS) is 18.8. The molecular weight excluding hydrogens is 247 g/mol. The van der Waals surface area contributed by atoms with Gasteiger partial charge in [-0.15, -0.1) is 0 Å². The van der Waals surface area contributed by atoms with Crippen molar-refractivity contribution in [3.63, 3.8) is 0 Å². The van der Waals surface area contributed by atoms with Gasteiger partial charge in [-0.25, -0.2) is 4.39 Å². The fourth-order valence-corrected chi connectivity index (χ4v) is 2.23. The van der Waals surface area contributed by atoms with Crippen molar-refractivity contribution in [2.24, 2.45) is 5.92 Å². The molecule has 1 heterocycles. The number of nitrogens with zero attached hydrogens (tertiary/aromatic N) is 2. The standard InChI is InChI=1S/C14H15FN2O2/c1-19-11-4-5-12(13(15)7-11)14(18)17-6-2-3-10(8-16)9-17/h4-5,7,10H,2-3,6,9H2,1H3. The van der Waals surface area contributed by atoms with E-state index in [1.165, 1.54) is 19.2 Å². The van der Waals surface area contributed by atoms with Crippen LogP contribution < -0.4 is 4.74 Å². The van der Waals surface area contributed by atoms with Gasteiger partial charge >= 0.3 is 0 Å². The lowest BCUT2D eigenvalue weighted by atomic mass is 9.99. The van der Waals surface area contributed by atoms with E-state index in [0.717, 1.165) is 12.8 Å². The Hall–Kier alpha value is -2.09. The maximum absolute atomic E-state index is 13.8. The number of rotatable bonds is 2. The molecule has 0 spiro atoms. The van der Waals surface area contributed by atoms with E-state index in [9.17, 15) is 9.18 Å². The molecule has 100 valence electrons. The van der Waals surface area contributed by atoms with Gasteiger partial charge in [-0.2, -0.15) is 5.26 Å². The summed E-state index contributed by atoms with van der Waals surface area (Å²) in [5, 5.41) is 8.91. The highest BCUT2D eigenvalue weighted by Gasteiger charge is 2.26. The van der Waals surface area contributed by atoms with E-state index < -0.39 is 5.82 Å². The van der Waals surface area contributed by atoms with Gasteiger partial charge in [-0.3, -0.25) is 4.79 Å². The summed E-state index contributed by atoms with van der Waals surface area (Å²) in [7, 11) is 1.44. The van der Waals surface area contributed by atoms with Crippen molar-refractivity contribution in [2.75, 3.05) is 20.2 Å². The number of methoxy groups -OCH3 is 1. The Bertz CT molecular complexity index is 525. The Balaban J connectivity index is 2.17. The Kier molecular flexibility index (Phi) is 4.00. The molecule has 0 radical (unpaired) electrons. The molecule has 0 N–H and O–H groups in total. The lowest BCUT2D eigenvalue weighted by Gasteiger charge is -2.29. The Morgan fingerprint density at radius 3 is 3.00 bits per heavy atom. The average Bonchev–Trinajstić information content (AvgIpc) is 2.46. The topological polar surface area (TPSA) is 53.3 Å². The third-order valence-corrected chi connectivity index (χ3v) is 3.30. The second-order valence-corrected chi connectivity index (χ2v) is 4.57. The number of piperidine rings is 1. The first-order valence-corrected chi connectivity index (χ1v) is 6.18. The molecule has 1 saturated heterocycles. The molecule has 1 aromatic rings. The van der Waals surface area contributed by atoms with Crippen molar-refractivity contribution in [2.45, 2.75) is 12.8 Å². The molecular formula is C14H15FN2O2. The fourth-order valence-electron chi connectivity index (χ4n) is 2.23. The van der Waals surface area contributed by atoms with Crippen LogP contribution in [0.4, 0.5) is 4.39 Å². The molecule has 0 saturated carbocycles. The van der Waals surface area contributed by atoms with Crippen molar-refractivity contribution in [3.05, 3.63) is 29.6 Å². The van der Waals surface area contributed by atoms with Crippen molar-refractivity contribution >= 4 is 5.91 Å². The molecule has 1 amide bonds. The number of likely N-dealkylation sites (tertiary alicyclic amines) is 1. The van der Waals surface area contributed by atoms with Gasteiger partial charge < -0.3 is 9.64 Å². The fraction of sp³-hybridized carbons (Fsp3) is 0.429. The Morgan fingerprint density at radius 1 is 1.58 bits per heavy atom. The molecule has 5 heteroatoms. The smallest absolute Gasteiger partial charge is 0.256 e. The number of benzene rings is 1. The van der Waals surface area contributed by atoms with Gasteiger partial charge in [0, 0.05) is 19.2 Å². The third kappa shape index (κ3) is 2.84. The summed E-state index contributed by atoms with van der Waals surface area (Å²) in [6.07, 6.45) is 1.58. The number of carbonyl (C=O) groups excluding carboxylic acids is 1. The SMILES string of the molecule is COc1ccc(C(=O)N2CCCC(C#N)C2)c(F)c1. The van der Waals surface area contributed by atoms with E-state index in [4.69, 9.17) is 10.00 Å². The van der Waals surface area contributed by atoms with E-state index in [-0.39, 0.29) is 17.4 Å². The number of hydrogen-bond donors (Lipinski definition) is 0. The van der Waals surface area contributed by atoms with Gasteiger partial charge in [0.25, 0.3) is 5.91 Å². The van der Waals surface area contributed by atoms with Crippen molar-refractivity contribution in [1.29, 1.82) is 5.26 Å². The molecule has 1 aliphatic rings. The van der Waals surface area contributed by atoms with Crippen LogP contribution >= 0.6 is 0 Å². The van der Waals surface area contributed by atoms with E-state index in [1.54, 1.807) is 11.0 Å². The van der Waals surface area contributed by atoms with Gasteiger partial charge in [-0.1, -0.05) is 0 Å². The predicted molar refractivity (Wildman–Crippen MR) is 67.2 cm³/mol. The molecule has 4 nitrogen and oxygen atoms in total. The second kappa shape index (κ2) is 5.70. The van der Waals surface area contributed by atoms with Gasteiger partial charge in [-0.05, 0) is 25.0 Å². The molecule has 1 atom stereocenters. The van der Waals surface area contributed by atoms with Crippen LogP contribution in [0.3, 0.4) is 0 Å². The van der Waals surface area contributed by atoms with Crippen LogP contribution in [-0.2, 0) is 0 Å². The summed E-state index contributed by atoms with van der Waals surface area (Å²) in [5.74, 6) is -0.731. The molecule has 1 fully saturated rings. The quantitative estimate of drug-likeness (QED) is 0.821. The third-order valence-electron chi connectivity index (χ3n) is 3.30. The first-order valence-electron chi connectivity index (χ1n) is 6.18. The van der Waals surface area contributed by atoms with Gasteiger partial charge in [0.15, 0.2) is 0 Å². The Labute approximate surface area is 111 Å². The summed E-state index contributed by atoms with van der Waals surface area (Å²) < 4.78 is 18.7. The summed E-state index contributed by atoms with van der Waals surface area (Å²) >= 11 is 0. The van der Waals surface area contributed by atoms with Crippen LogP contribution in [0.25, 0.3) is 0 Å². The van der Waals surface area contributed by atoms with E-state index in [2.05, 4.69) is 6.07 Å². The van der Waals surface area contributed by atoms with Crippen LogP contribution in [0.5, 0.6) is 5.75 Å². The molecule has 19 heavy (non-hydrogen) atoms. The first-order chi connectivity index (χ1) is 9.15. The van der Waals surface area contributed by atoms with Crippen LogP contribution in [0.15, 0.2) is 18.2 Å². The second-order valence-electron chi connectivity index (χ2n) is 4.57. The van der Waals surface area contributed by atoms with E-state index in [0.29, 0.717) is 18.8 Å². The molecule has 1 aromatic carbocycles. The van der Waals surface area contributed by atoms with Crippen LogP contribution in [0, 0.1) is 23.1 Å². The zero-order chi connectivity index (χ0) is 13.8. The van der Waals surface area contributed by atoms with Gasteiger partial charge in [0.1, 0.15) is 11.6 Å². The van der Waals surface area contributed by atoms with Crippen LogP contribution in [0.1, 0.15) is 23.2 Å². The highest BCUT2D eigenvalue weighted by atomic mass is 19.1. The number of ether oxygens (including phenoxy) is 1. The summed E-state index contributed by atoms with van der Waals surface area (Å²) in [6, 6.07) is 6.34. The number of nitriles is 1. The lowest BCUT2D eigenvalue weighted by molar-refractivity contribution is 0.0694. The molecule has 2 rings (SSSR count). The highest BCUT2D eigenvalue weighted by molar-refractivity contribution is 5.94. The molecule has 1 aliphatic heterocycles. The van der Waals surface area contributed by atoms with Crippen LogP contribution in [0.2, 0.25) is 0 Å². The minimum absolute atomic E-state index is 0.0272. The summed E-state index contributed by atoms with van der Waals surface area (Å²) in [5.41, 5.74) is 0.0272. The monoisotopic (exact) mass is 262 g/mol. The minimum atomic E-state index is -0.594. The van der Waals surface area contributed by atoms with Crippen molar-refractivity contribution < 1.29 is 13.9 Å². The van der Waals surface area contributed by atoms with Gasteiger partial charge in [0.2, 0.25) is 0 Å². The van der Waals surface area contributed by atoms with Crippen molar-refractivity contribution in [3.8, 4) is 11.8 Å². The number of carbonyl (C=O) groups is 1. The maximum Gasteiger partial charge on any atom is 0.256 e. The molecule has 0 bridgehead atoms. The molecule has 1 unspecified atom stereocenters. The van der Waals surface area contributed by atoms with Crippen LogP contribution in [-0.4, -0.2) is 31.0 Å². The Morgan fingerprint density at radius 2 is 2.37 bits per heavy atom. The zero-order valence-corrected chi connectivity index (χ0v) is 10.7. The summed E-state index contributed by atoms with van der Waals surface area (Å²) in [6.45, 7) is 0.948. The number of hydrogen-bond acceptors (Lipinski definition) is 3. The number of amides is 1. The zero-order valence-electron chi connectivity index (χ0n) is 10.7. The maximum atomic E-state index is 13.8. The minimum Gasteiger partial charge on any atom is -0.497 e. The van der Waals surface area contributed by atoms with Gasteiger partial charge in [0.05, 0.1) is 24.7 Å². The molecule has 0 aliphatic carbocycles. The summed E-state index contributed by atoms with van der Waals surface area (Å²) in [4.78, 5) is 13.8. The lowest BCUT2D eigenvalue weighted by Crippen LogP contribution is -2.39. The average molecular weight is 262 g/mol. The largest absolute Gasteiger partial charge is 0.497 e. The first kappa shape index (κ1) is 13.3. The van der Waals surface area contributed by atoms with E-state index >= 15 is 0 Å².